The van der Waals surface area contributed by atoms with Crippen molar-refractivity contribution < 1.29 is 13.9 Å². The van der Waals surface area contributed by atoms with E-state index < -0.39 is 0 Å². The minimum absolute atomic E-state index is 0.0567. The number of ether oxygens (including phenoxy) is 2. The molecule has 1 aromatic rings. The largest absolute Gasteiger partial charge is 0.497 e. The molecule has 2 unspecified atom stereocenters. The van der Waals surface area contributed by atoms with Crippen molar-refractivity contribution in [2.45, 2.75) is 32.9 Å². The quantitative estimate of drug-likeness (QED) is 0.812. The molecule has 0 aliphatic rings. The topological polar surface area (TPSA) is 30.5 Å². The van der Waals surface area contributed by atoms with Gasteiger partial charge in [0.15, 0.2) is 0 Å². The molecule has 0 heterocycles. The van der Waals surface area contributed by atoms with Crippen LogP contribution in [0, 0.1) is 5.82 Å². The van der Waals surface area contributed by atoms with Crippen molar-refractivity contribution >= 4 is 0 Å². The van der Waals surface area contributed by atoms with Crippen LogP contribution in [0.4, 0.5) is 4.39 Å². The smallest absolute Gasteiger partial charge is 0.131 e. The summed E-state index contributed by atoms with van der Waals surface area (Å²) in [5.74, 6) is 0.282. The van der Waals surface area contributed by atoms with Gasteiger partial charge in [-0.1, -0.05) is 6.07 Å². The van der Waals surface area contributed by atoms with Crippen molar-refractivity contribution in [2.24, 2.45) is 0 Å². The Balaban J connectivity index is 2.58. The van der Waals surface area contributed by atoms with Crippen LogP contribution in [-0.4, -0.2) is 26.4 Å². The van der Waals surface area contributed by atoms with Gasteiger partial charge < -0.3 is 14.8 Å². The summed E-state index contributed by atoms with van der Waals surface area (Å²) in [6.45, 7) is 7.27. The molecule has 0 radical (unpaired) electrons. The van der Waals surface area contributed by atoms with E-state index in [1.54, 1.807) is 12.1 Å². The van der Waals surface area contributed by atoms with Gasteiger partial charge in [0.2, 0.25) is 0 Å². The van der Waals surface area contributed by atoms with Crippen LogP contribution in [0.2, 0.25) is 0 Å². The van der Waals surface area contributed by atoms with Crippen molar-refractivity contribution in [1.82, 2.24) is 5.32 Å². The number of benzene rings is 1. The minimum Gasteiger partial charge on any atom is -0.497 e. The molecule has 0 bridgehead atoms. The molecule has 18 heavy (non-hydrogen) atoms. The van der Waals surface area contributed by atoms with Gasteiger partial charge in [-0.3, -0.25) is 0 Å². The van der Waals surface area contributed by atoms with Crippen molar-refractivity contribution in [3.05, 3.63) is 29.6 Å². The third kappa shape index (κ3) is 4.27. The molecule has 0 aliphatic heterocycles. The van der Waals surface area contributed by atoms with Gasteiger partial charge >= 0.3 is 0 Å². The number of methoxy groups -OCH3 is 1. The third-order valence-corrected chi connectivity index (χ3v) is 2.84. The van der Waals surface area contributed by atoms with Gasteiger partial charge in [-0.25, -0.2) is 4.39 Å². The highest BCUT2D eigenvalue weighted by molar-refractivity contribution is 5.30. The molecule has 0 saturated heterocycles. The summed E-state index contributed by atoms with van der Waals surface area (Å²) in [6.07, 6.45) is 0.124. The standard InChI is InChI=1S/C14H22FNO2/c1-5-18-10(2)9-16-11(3)13-7-6-12(17-4)8-14(13)15/h6-8,10-11,16H,5,9H2,1-4H3. The normalized spacial score (nSPS) is 14.3. The molecule has 4 heteroatoms. The van der Waals surface area contributed by atoms with Gasteiger partial charge in [-0.15, -0.1) is 0 Å². The lowest BCUT2D eigenvalue weighted by Crippen LogP contribution is -2.29. The summed E-state index contributed by atoms with van der Waals surface area (Å²) in [4.78, 5) is 0. The summed E-state index contributed by atoms with van der Waals surface area (Å²) < 4.78 is 24.2. The number of rotatable bonds is 7. The van der Waals surface area contributed by atoms with Gasteiger partial charge in [0.05, 0.1) is 13.2 Å². The lowest BCUT2D eigenvalue weighted by atomic mass is 10.1. The SMILES string of the molecule is CCOC(C)CNC(C)c1ccc(OC)cc1F. The Morgan fingerprint density at radius 2 is 2.06 bits per heavy atom. The van der Waals surface area contributed by atoms with Gasteiger partial charge in [0, 0.05) is 30.8 Å². The maximum atomic E-state index is 13.8. The van der Waals surface area contributed by atoms with Crippen LogP contribution in [0.5, 0.6) is 5.75 Å². The van der Waals surface area contributed by atoms with Crippen LogP contribution in [0.1, 0.15) is 32.4 Å². The van der Waals surface area contributed by atoms with Crippen LogP contribution < -0.4 is 10.1 Å². The zero-order valence-corrected chi connectivity index (χ0v) is 11.5. The number of hydrogen-bond acceptors (Lipinski definition) is 3. The molecule has 0 aliphatic carbocycles. The van der Waals surface area contributed by atoms with Crippen molar-refractivity contribution in [3.63, 3.8) is 0 Å². The Hall–Kier alpha value is -1.13. The second-order valence-electron chi connectivity index (χ2n) is 4.28. The highest BCUT2D eigenvalue weighted by Gasteiger charge is 2.12. The second-order valence-corrected chi connectivity index (χ2v) is 4.28. The van der Waals surface area contributed by atoms with E-state index in [-0.39, 0.29) is 18.0 Å². The lowest BCUT2D eigenvalue weighted by molar-refractivity contribution is 0.0742. The van der Waals surface area contributed by atoms with E-state index in [9.17, 15) is 4.39 Å². The van der Waals surface area contributed by atoms with Gasteiger partial charge in [-0.05, 0) is 26.8 Å². The predicted octanol–water partition coefficient (Wildman–Crippen LogP) is 2.91. The van der Waals surface area contributed by atoms with E-state index in [1.807, 2.05) is 20.8 Å². The first-order chi connectivity index (χ1) is 8.58. The van der Waals surface area contributed by atoms with Crippen molar-refractivity contribution in [1.29, 1.82) is 0 Å². The summed E-state index contributed by atoms with van der Waals surface area (Å²) >= 11 is 0. The maximum absolute atomic E-state index is 13.8. The molecule has 0 amide bonds. The Morgan fingerprint density at radius 1 is 1.33 bits per heavy atom. The predicted molar refractivity (Wildman–Crippen MR) is 70.5 cm³/mol. The fourth-order valence-electron chi connectivity index (χ4n) is 1.78. The van der Waals surface area contributed by atoms with E-state index >= 15 is 0 Å². The van der Waals surface area contributed by atoms with E-state index in [0.717, 1.165) is 0 Å². The molecule has 102 valence electrons. The monoisotopic (exact) mass is 255 g/mol. The van der Waals surface area contributed by atoms with E-state index in [2.05, 4.69) is 5.32 Å². The Kier molecular flexibility index (Phi) is 6.09. The first-order valence-corrected chi connectivity index (χ1v) is 6.26. The summed E-state index contributed by atoms with van der Waals surface area (Å²) in [7, 11) is 1.53. The lowest BCUT2D eigenvalue weighted by Gasteiger charge is -2.18. The van der Waals surface area contributed by atoms with Crippen molar-refractivity contribution in [2.75, 3.05) is 20.3 Å². The van der Waals surface area contributed by atoms with Crippen LogP contribution in [0.3, 0.4) is 0 Å². The average Bonchev–Trinajstić information content (AvgIpc) is 2.36. The molecule has 0 spiro atoms. The van der Waals surface area contributed by atoms with Crippen LogP contribution in [0.25, 0.3) is 0 Å². The second kappa shape index (κ2) is 7.34. The van der Waals surface area contributed by atoms with Crippen LogP contribution in [0.15, 0.2) is 18.2 Å². The summed E-state index contributed by atoms with van der Waals surface area (Å²) in [5.41, 5.74) is 0.638. The highest BCUT2D eigenvalue weighted by atomic mass is 19.1. The molecular formula is C14H22FNO2. The van der Waals surface area contributed by atoms with Gasteiger partial charge in [-0.2, -0.15) is 0 Å². The number of hydrogen-bond donors (Lipinski definition) is 1. The molecule has 2 atom stereocenters. The van der Waals surface area contributed by atoms with Crippen LogP contribution >= 0.6 is 0 Å². The van der Waals surface area contributed by atoms with E-state index in [0.29, 0.717) is 24.5 Å². The average molecular weight is 255 g/mol. The minimum atomic E-state index is -0.251. The fourth-order valence-corrected chi connectivity index (χ4v) is 1.78. The Bertz CT molecular complexity index is 371. The summed E-state index contributed by atoms with van der Waals surface area (Å²) in [5, 5.41) is 3.26. The highest BCUT2D eigenvalue weighted by Crippen LogP contribution is 2.21. The van der Waals surface area contributed by atoms with E-state index in [4.69, 9.17) is 9.47 Å². The first-order valence-electron chi connectivity index (χ1n) is 6.26. The molecule has 0 aromatic heterocycles. The van der Waals surface area contributed by atoms with Crippen molar-refractivity contribution in [3.8, 4) is 5.75 Å². The Morgan fingerprint density at radius 3 is 2.61 bits per heavy atom. The number of nitrogens with one attached hydrogen (secondary N) is 1. The van der Waals surface area contributed by atoms with Gasteiger partial charge in [0.1, 0.15) is 11.6 Å². The molecule has 0 saturated carbocycles. The first kappa shape index (κ1) is 14.9. The molecule has 1 rings (SSSR count). The molecule has 1 aromatic carbocycles. The van der Waals surface area contributed by atoms with E-state index in [1.165, 1.54) is 13.2 Å². The summed E-state index contributed by atoms with van der Waals surface area (Å²) in [6, 6.07) is 4.86. The maximum Gasteiger partial charge on any atom is 0.131 e. The Labute approximate surface area is 108 Å². The number of halogens is 1. The fraction of sp³-hybridized carbons (Fsp3) is 0.571. The molecule has 1 N–H and O–H groups in total. The van der Waals surface area contributed by atoms with Gasteiger partial charge in [0.25, 0.3) is 0 Å². The third-order valence-electron chi connectivity index (χ3n) is 2.84. The van der Waals surface area contributed by atoms with Crippen LogP contribution in [-0.2, 0) is 4.74 Å². The molecule has 3 nitrogen and oxygen atoms in total. The zero-order chi connectivity index (χ0) is 13.5. The molecular weight excluding hydrogens is 233 g/mol. The molecule has 0 fully saturated rings. The zero-order valence-electron chi connectivity index (χ0n) is 11.5.